The normalized spacial score (nSPS) is 21.2. The second-order valence-electron chi connectivity index (χ2n) is 20.0. The number of nitrogens with zero attached hydrogens (tertiary/aromatic N) is 7. The third kappa shape index (κ3) is 13.5. The van der Waals surface area contributed by atoms with Crippen LogP contribution in [0.1, 0.15) is 104 Å². The Morgan fingerprint density at radius 1 is 0.921 bits per heavy atom. The molecule has 1 fully saturated rings. The van der Waals surface area contributed by atoms with Crippen molar-refractivity contribution in [3.8, 4) is 11.5 Å². The van der Waals surface area contributed by atoms with E-state index < -0.39 is 69.9 Å². The van der Waals surface area contributed by atoms with Gasteiger partial charge in [-0.1, -0.05) is 18.9 Å². The number of aliphatic hydroxyl groups is 1. The van der Waals surface area contributed by atoms with Crippen molar-refractivity contribution >= 4 is 79.0 Å². The van der Waals surface area contributed by atoms with Crippen molar-refractivity contribution in [3.63, 3.8) is 0 Å². The zero-order valence-electron chi connectivity index (χ0n) is 42.6. The molecule has 0 aliphatic carbocycles. The van der Waals surface area contributed by atoms with Crippen LogP contribution in [0.15, 0.2) is 54.1 Å². The summed E-state index contributed by atoms with van der Waals surface area (Å²) in [7, 11) is -21.1. The molecule has 414 valence electrons. The number of hydrogen-bond donors (Lipinski definition) is 8. The van der Waals surface area contributed by atoms with E-state index in [9.17, 15) is 46.4 Å². The van der Waals surface area contributed by atoms with Crippen LogP contribution >= 0.6 is 23.5 Å². The average molecular weight is 1140 g/mol. The van der Waals surface area contributed by atoms with Gasteiger partial charge in [0.05, 0.1) is 36.2 Å². The number of imidazole rings is 1. The Labute approximate surface area is 437 Å². The third-order valence-electron chi connectivity index (χ3n) is 13.3. The van der Waals surface area contributed by atoms with Gasteiger partial charge in [-0.3, -0.25) is 18.4 Å². The highest BCUT2D eigenvalue weighted by molar-refractivity contribution is 7.86. The van der Waals surface area contributed by atoms with E-state index in [1.165, 1.54) is 17.2 Å². The number of phosphoric acid groups is 3. The lowest BCUT2D eigenvalue weighted by atomic mass is 9.88. The molecule has 4 aliphatic rings. The number of allylic oxidation sites excluding steroid dienone is 1. The predicted octanol–water partition coefficient (Wildman–Crippen LogP) is 5.02. The van der Waals surface area contributed by atoms with Crippen LogP contribution in [-0.2, 0) is 46.5 Å². The molecular weight excluding hydrogens is 1080 g/mol. The molecule has 0 radical (unpaired) electrons. The smallest absolute Gasteiger partial charge is 0.452 e. The Kier molecular flexibility index (Phi) is 16.7. The minimum atomic E-state index is -5.72. The molecule has 8 rings (SSSR count). The highest BCUT2D eigenvalue weighted by Gasteiger charge is 2.44. The van der Waals surface area contributed by atoms with Crippen molar-refractivity contribution in [2.45, 2.75) is 116 Å². The van der Waals surface area contributed by atoms with Crippen molar-refractivity contribution in [2.75, 3.05) is 48.8 Å². The van der Waals surface area contributed by atoms with E-state index in [0.29, 0.717) is 82.1 Å². The summed E-state index contributed by atoms with van der Waals surface area (Å²) < 4.78 is 97.4. The van der Waals surface area contributed by atoms with Gasteiger partial charge in [0.1, 0.15) is 42.0 Å². The topological polar surface area (TPSA) is 356 Å². The van der Waals surface area contributed by atoms with E-state index in [4.69, 9.17) is 24.3 Å². The van der Waals surface area contributed by atoms with Gasteiger partial charge in [0, 0.05) is 70.1 Å². The van der Waals surface area contributed by atoms with E-state index in [0.717, 1.165) is 49.1 Å². The molecule has 0 bridgehead atoms. The molecule has 1 saturated heterocycles. The molecule has 8 N–H and O–H groups in total. The molecule has 2 aromatic carbocycles. The largest absolute Gasteiger partial charge is 0.490 e. The van der Waals surface area contributed by atoms with Gasteiger partial charge in [-0.2, -0.15) is 17.0 Å². The van der Waals surface area contributed by atoms with Crippen molar-refractivity contribution < 1.29 is 78.8 Å². The summed E-state index contributed by atoms with van der Waals surface area (Å²) in [5, 5.41) is 18.1. The summed E-state index contributed by atoms with van der Waals surface area (Å²) in [6.07, 6.45) is 7.37. The number of nitrogens with one attached hydrogen (secondary N) is 2. The van der Waals surface area contributed by atoms with E-state index in [1.807, 2.05) is 44.2 Å². The fourth-order valence-corrected chi connectivity index (χ4v) is 13.8. The second kappa shape index (κ2) is 22.1. The van der Waals surface area contributed by atoms with Gasteiger partial charge in [-0.15, -0.1) is 0 Å². The van der Waals surface area contributed by atoms with Crippen LogP contribution in [0.2, 0.25) is 0 Å². The van der Waals surface area contributed by atoms with Crippen molar-refractivity contribution in [1.82, 2.24) is 29.4 Å². The fraction of sp³-hybridized carbons (Fsp3) is 0.522. The van der Waals surface area contributed by atoms with E-state index >= 15 is 0 Å². The summed E-state index contributed by atoms with van der Waals surface area (Å²) in [6, 6.07) is 7.75. The number of unbranched alkanes of at least 4 members (excludes halogenated alkanes) is 3. The number of ether oxygens (including phenoxy) is 2. The van der Waals surface area contributed by atoms with Crippen molar-refractivity contribution in [2.24, 2.45) is 4.99 Å². The minimum absolute atomic E-state index is 0.0413. The number of hydrogen-bond acceptors (Lipinski definition) is 18. The highest BCUT2D eigenvalue weighted by atomic mass is 32.2. The molecule has 0 spiro atoms. The van der Waals surface area contributed by atoms with Crippen LogP contribution in [0, 0.1) is 0 Å². The van der Waals surface area contributed by atoms with Crippen LogP contribution in [-0.4, -0.2) is 125 Å². The lowest BCUT2D eigenvalue weighted by molar-refractivity contribution is -0.121. The maximum atomic E-state index is 13.1. The number of benzene rings is 2. The third-order valence-corrected chi connectivity index (χ3v) is 17.8. The number of anilines is 2. The van der Waals surface area contributed by atoms with Crippen LogP contribution < -0.4 is 35.6 Å². The second-order valence-corrected chi connectivity index (χ2v) is 25.8. The number of carbonyl (C=O) groups excluding carboxylic acids is 1. The minimum Gasteiger partial charge on any atom is -0.452 e. The molecule has 6 heterocycles. The first-order valence-corrected chi connectivity index (χ1v) is 30.6. The first-order chi connectivity index (χ1) is 35.5. The van der Waals surface area contributed by atoms with Gasteiger partial charge in [-0.05, 0) is 69.9 Å². The van der Waals surface area contributed by atoms with Gasteiger partial charge in [0.15, 0.2) is 34.0 Å². The molecule has 76 heavy (non-hydrogen) atoms. The van der Waals surface area contributed by atoms with Crippen molar-refractivity contribution in [1.29, 1.82) is 0 Å². The maximum absolute atomic E-state index is 13.1. The molecule has 2 aromatic heterocycles. The molecular formula is C46H63N9O17P3S+. The predicted molar refractivity (Wildman–Crippen MR) is 278 cm³/mol. The summed E-state index contributed by atoms with van der Waals surface area (Å²) in [4.78, 5) is 70.0. The number of amides is 1. The Bertz CT molecular complexity index is 3380. The lowest BCUT2D eigenvalue weighted by Gasteiger charge is -2.43. The number of aromatic nitrogens is 4. The Hall–Kier alpha value is -4.82. The van der Waals surface area contributed by atoms with E-state index in [2.05, 4.69) is 82.0 Å². The average Bonchev–Trinajstić information content (AvgIpc) is 3.90. The Morgan fingerprint density at radius 3 is 2.37 bits per heavy atom. The molecule has 1 amide bonds. The molecule has 4 aliphatic heterocycles. The number of fused-ring (bicyclic) bond motifs is 5. The summed E-state index contributed by atoms with van der Waals surface area (Å²) in [5.41, 5.74) is 4.82. The van der Waals surface area contributed by atoms with Gasteiger partial charge < -0.3 is 49.7 Å². The van der Waals surface area contributed by atoms with Gasteiger partial charge in [0.2, 0.25) is 11.3 Å². The van der Waals surface area contributed by atoms with Crippen LogP contribution in [0.25, 0.3) is 22.3 Å². The number of aliphatic hydroxyl groups excluding tert-OH is 1. The Morgan fingerprint density at radius 2 is 1.66 bits per heavy atom. The molecule has 2 unspecified atom stereocenters. The van der Waals surface area contributed by atoms with Gasteiger partial charge in [0.25, 0.3) is 10.1 Å². The first-order valence-electron chi connectivity index (χ1n) is 24.5. The molecule has 30 heteroatoms. The maximum Gasteiger partial charge on any atom is 0.490 e. The summed E-state index contributed by atoms with van der Waals surface area (Å²) >= 11 is 0. The zero-order valence-corrected chi connectivity index (χ0v) is 46.1. The summed E-state index contributed by atoms with van der Waals surface area (Å²) in [6.45, 7) is 14.0. The SMILES string of the molecule is CCN1c2cc3c(cc2C(C)=CC1(C)C)N=c1cc2c(cc1O3)=[N+](CCCC(=O)NCCCCCCNc1ncnc3c1ncn3[C@H]1C[C@H](O)[C@@H](COP(=O)(O)OP(=O)(O)OP(=O)(O)O)O1)C(C)(C)C=C2CS(=O)(=O)O. The number of likely N-dealkylation sites (N-methyl/N-ethyl adjacent to an activating group) is 1. The lowest BCUT2D eigenvalue weighted by Crippen LogP contribution is -2.50. The standard InChI is InChI=1S/C46H62N9O17P3S/c1-7-54-34-19-37-32(17-30(34)28(2)22-45(54,3)4)52-33-18-31-29(25-76(65,66)67)23-46(5,6)55(35(31)20-38(33)69-37)16-12-13-40(57)47-14-10-8-9-11-15-48-43-42-44(50-26-49-43)53(27-51-42)41-21-36(56)39(70-41)24-68-74(61,62)72-75(63,64)71-73(58,59)60/h17-20,22-23,26-27,36,39,41,56H,7-16,21,24-25H2,1-6H3,(H6-,47,48,49,50,57,58,59,60,61,62,63,64,65,66,67)/p+1/t36-,39+,41+/m0/s1. The number of carbonyl (C=O) groups is 1. The molecule has 26 nitrogen and oxygen atoms in total. The zero-order chi connectivity index (χ0) is 55.2. The molecule has 4 aromatic rings. The number of rotatable bonds is 23. The van der Waals surface area contributed by atoms with E-state index in [-0.39, 0.29) is 24.3 Å². The van der Waals surface area contributed by atoms with Gasteiger partial charge >= 0.3 is 23.5 Å². The van der Waals surface area contributed by atoms with Gasteiger partial charge in [-0.25, -0.2) is 38.2 Å². The fourth-order valence-electron chi connectivity index (χ4n) is 10.1. The summed E-state index contributed by atoms with van der Waals surface area (Å²) in [5.74, 6) is 0.894. The first kappa shape index (κ1) is 57.4. The molecule has 0 saturated carbocycles. The van der Waals surface area contributed by atoms with Crippen LogP contribution in [0.4, 0.5) is 17.2 Å². The van der Waals surface area contributed by atoms with Crippen LogP contribution in [0.5, 0.6) is 11.5 Å². The quantitative estimate of drug-likeness (QED) is 0.0184. The Balaban J connectivity index is 0.812. The van der Waals surface area contributed by atoms with Crippen molar-refractivity contribution in [3.05, 3.63) is 70.9 Å². The monoisotopic (exact) mass is 1140 g/mol. The molecule has 5 atom stereocenters. The highest BCUT2D eigenvalue weighted by Crippen LogP contribution is 2.66. The number of phosphoric ester groups is 1. The van der Waals surface area contributed by atoms with E-state index in [1.54, 1.807) is 0 Å². The van der Waals surface area contributed by atoms with Crippen LogP contribution in [0.3, 0.4) is 0 Å².